The number of aliphatic hydroxyl groups is 1. The molecule has 0 spiro atoms. The lowest BCUT2D eigenvalue weighted by molar-refractivity contribution is -0.337. The molecule has 3 fully saturated rings. The molecule has 3 heterocycles. The summed E-state index contributed by atoms with van der Waals surface area (Å²) in [6, 6.07) is 0. The molecule has 0 aromatic rings. The van der Waals surface area contributed by atoms with E-state index >= 15 is 0 Å². The molecule has 3 aliphatic heterocycles. The zero-order valence-electron chi connectivity index (χ0n) is 19.1. The maximum absolute atomic E-state index is 11.6. The van der Waals surface area contributed by atoms with Crippen molar-refractivity contribution < 1.29 is 24.1 Å². The predicted octanol–water partition coefficient (Wildman–Crippen LogP) is 5.46. The number of ether oxygens (including phenoxy) is 3. The monoisotopic (exact) mass is 422 g/mol. The van der Waals surface area contributed by atoms with Crippen molar-refractivity contribution in [1.82, 2.24) is 0 Å². The Hall–Kier alpha value is -1.17. The van der Waals surface area contributed by atoms with Gasteiger partial charge in [0.2, 0.25) is 0 Å². The highest BCUT2D eigenvalue weighted by Crippen LogP contribution is 2.40. The second-order valence-corrected chi connectivity index (χ2v) is 8.90. The first kappa shape index (κ1) is 25.1. The molecule has 30 heavy (non-hydrogen) atoms. The van der Waals surface area contributed by atoms with Crippen LogP contribution in [0, 0.1) is 5.92 Å². The molecule has 5 atom stereocenters. The minimum atomic E-state index is -0.392. The van der Waals surface area contributed by atoms with Crippen LogP contribution in [0.3, 0.4) is 0 Å². The van der Waals surface area contributed by atoms with E-state index in [1.54, 1.807) is 0 Å². The van der Waals surface area contributed by atoms with Crippen LogP contribution in [0.5, 0.6) is 0 Å². The van der Waals surface area contributed by atoms with Gasteiger partial charge in [0.25, 0.3) is 0 Å². The van der Waals surface area contributed by atoms with Crippen LogP contribution in [0.1, 0.15) is 91.4 Å². The van der Waals surface area contributed by atoms with E-state index < -0.39 is 6.10 Å². The lowest BCUT2D eigenvalue weighted by Gasteiger charge is -2.49. The lowest BCUT2D eigenvalue weighted by Crippen LogP contribution is -2.55. The fourth-order valence-electron chi connectivity index (χ4n) is 4.05. The van der Waals surface area contributed by atoms with E-state index in [1.165, 1.54) is 25.7 Å². The van der Waals surface area contributed by atoms with Crippen LogP contribution in [-0.4, -0.2) is 41.8 Å². The SMILES string of the molecule is CCCCCCC[C@H](O)C=C[C@H]1O[C@H]2C[C@H](O2)[C@@H]1CC=CCCCC(=O)OC(C)C. The number of carbonyl (C=O) groups is 1. The third-order valence-electron chi connectivity index (χ3n) is 5.78. The van der Waals surface area contributed by atoms with E-state index in [9.17, 15) is 9.90 Å². The first-order valence-corrected chi connectivity index (χ1v) is 12.0. The van der Waals surface area contributed by atoms with Gasteiger partial charge < -0.3 is 19.3 Å². The Bertz CT molecular complexity index is 536. The zero-order valence-corrected chi connectivity index (χ0v) is 19.1. The average Bonchev–Trinajstić information content (AvgIpc) is 2.67. The third-order valence-corrected chi connectivity index (χ3v) is 5.78. The Balaban J connectivity index is 1.68. The quantitative estimate of drug-likeness (QED) is 0.216. The standard InChI is InChI=1S/C25H42O5/c1-4-5-6-7-10-13-20(26)16-17-22-21(23-18-25(29-22)30-23)14-11-8-9-12-15-24(27)28-19(2)3/h8,11,16-17,19-23,25-26H,4-7,9-10,12-15,18H2,1-3H3/t20-,21+,22+,23-,25+/m0/s1. The number of hydrogen-bond acceptors (Lipinski definition) is 5. The first-order chi connectivity index (χ1) is 14.5. The van der Waals surface area contributed by atoms with Crippen LogP contribution in [0.2, 0.25) is 0 Å². The zero-order chi connectivity index (χ0) is 21.8. The van der Waals surface area contributed by atoms with Crippen molar-refractivity contribution in [1.29, 1.82) is 0 Å². The Morgan fingerprint density at radius 2 is 1.90 bits per heavy atom. The molecule has 172 valence electrons. The minimum absolute atomic E-state index is 0.00270. The van der Waals surface area contributed by atoms with E-state index in [0.717, 1.165) is 38.5 Å². The Morgan fingerprint density at radius 3 is 2.63 bits per heavy atom. The van der Waals surface area contributed by atoms with E-state index in [-0.39, 0.29) is 36.5 Å². The number of unbranched alkanes of at least 4 members (excludes halogenated alkanes) is 5. The van der Waals surface area contributed by atoms with Gasteiger partial charge in [0, 0.05) is 18.8 Å². The summed E-state index contributed by atoms with van der Waals surface area (Å²) in [4.78, 5) is 11.6. The summed E-state index contributed by atoms with van der Waals surface area (Å²) >= 11 is 0. The second kappa shape index (κ2) is 14.0. The largest absolute Gasteiger partial charge is 0.463 e. The van der Waals surface area contributed by atoms with Crippen molar-refractivity contribution in [3.63, 3.8) is 0 Å². The summed E-state index contributed by atoms with van der Waals surface area (Å²) in [7, 11) is 0. The van der Waals surface area contributed by atoms with Gasteiger partial charge in [0.15, 0.2) is 6.29 Å². The second-order valence-electron chi connectivity index (χ2n) is 8.90. The summed E-state index contributed by atoms with van der Waals surface area (Å²) in [5.41, 5.74) is 0. The number of allylic oxidation sites excluding steroid dienone is 2. The van der Waals surface area contributed by atoms with Crippen LogP contribution in [-0.2, 0) is 19.0 Å². The molecule has 1 N–H and O–H groups in total. The molecule has 3 aliphatic rings. The molecule has 0 saturated carbocycles. The molecule has 0 radical (unpaired) electrons. The van der Waals surface area contributed by atoms with E-state index in [1.807, 2.05) is 26.0 Å². The number of hydrogen-bond donors (Lipinski definition) is 1. The van der Waals surface area contributed by atoms with E-state index in [4.69, 9.17) is 14.2 Å². The van der Waals surface area contributed by atoms with Crippen LogP contribution >= 0.6 is 0 Å². The highest BCUT2D eigenvalue weighted by molar-refractivity contribution is 5.69. The van der Waals surface area contributed by atoms with Gasteiger partial charge in [-0.05, 0) is 39.5 Å². The van der Waals surface area contributed by atoms with Gasteiger partial charge in [0.05, 0.1) is 24.4 Å². The van der Waals surface area contributed by atoms with E-state index in [0.29, 0.717) is 6.42 Å². The molecule has 2 bridgehead atoms. The first-order valence-electron chi connectivity index (χ1n) is 12.0. The molecule has 0 aromatic heterocycles. The molecule has 3 rings (SSSR count). The average molecular weight is 423 g/mol. The summed E-state index contributed by atoms with van der Waals surface area (Å²) in [6.07, 6.45) is 18.8. The Kier molecular flexibility index (Phi) is 11.7. The lowest BCUT2D eigenvalue weighted by atomic mass is 9.84. The minimum Gasteiger partial charge on any atom is -0.463 e. The van der Waals surface area contributed by atoms with Crippen molar-refractivity contribution in [3.05, 3.63) is 24.3 Å². The molecule has 0 amide bonds. The predicted molar refractivity (Wildman–Crippen MR) is 119 cm³/mol. The van der Waals surface area contributed by atoms with Crippen molar-refractivity contribution in [2.75, 3.05) is 0 Å². The number of aliphatic hydroxyl groups excluding tert-OH is 1. The van der Waals surface area contributed by atoms with Gasteiger partial charge in [-0.25, -0.2) is 0 Å². The fourth-order valence-corrected chi connectivity index (χ4v) is 4.05. The van der Waals surface area contributed by atoms with Crippen LogP contribution < -0.4 is 0 Å². The van der Waals surface area contributed by atoms with E-state index in [2.05, 4.69) is 19.1 Å². The molecule has 3 saturated heterocycles. The van der Waals surface area contributed by atoms with Crippen molar-refractivity contribution in [2.24, 2.45) is 5.92 Å². The number of rotatable bonds is 15. The maximum atomic E-state index is 11.6. The smallest absolute Gasteiger partial charge is 0.306 e. The Morgan fingerprint density at radius 1 is 1.13 bits per heavy atom. The molecule has 0 aliphatic carbocycles. The van der Waals surface area contributed by atoms with Gasteiger partial charge in [-0.15, -0.1) is 0 Å². The van der Waals surface area contributed by atoms with Crippen molar-refractivity contribution in [3.8, 4) is 0 Å². The number of carbonyl (C=O) groups excluding carboxylic acids is 1. The van der Waals surface area contributed by atoms with Crippen molar-refractivity contribution in [2.45, 2.75) is 122 Å². The highest BCUT2D eigenvalue weighted by atomic mass is 16.7. The number of esters is 1. The molecular weight excluding hydrogens is 380 g/mol. The van der Waals surface area contributed by atoms with Gasteiger partial charge in [-0.3, -0.25) is 4.79 Å². The third kappa shape index (κ3) is 9.32. The topological polar surface area (TPSA) is 65.0 Å². The summed E-state index contributed by atoms with van der Waals surface area (Å²) in [5.74, 6) is 0.160. The summed E-state index contributed by atoms with van der Waals surface area (Å²) < 4.78 is 16.9. The van der Waals surface area contributed by atoms with Crippen LogP contribution in [0.4, 0.5) is 0 Å². The molecule has 5 nitrogen and oxygen atoms in total. The summed E-state index contributed by atoms with van der Waals surface area (Å²) in [6.45, 7) is 5.95. The molecular formula is C25H42O5. The highest BCUT2D eigenvalue weighted by Gasteiger charge is 2.46. The van der Waals surface area contributed by atoms with Crippen molar-refractivity contribution >= 4 is 5.97 Å². The van der Waals surface area contributed by atoms with Gasteiger partial charge >= 0.3 is 5.97 Å². The fraction of sp³-hybridized carbons (Fsp3) is 0.800. The molecule has 0 aromatic carbocycles. The normalized spacial score (nSPS) is 27.0. The molecule has 5 heteroatoms. The summed E-state index contributed by atoms with van der Waals surface area (Å²) in [5, 5.41) is 10.2. The van der Waals surface area contributed by atoms with Crippen LogP contribution in [0.15, 0.2) is 24.3 Å². The Labute approximate surface area is 182 Å². The van der Waals surface area contributed by atoms with Crippen LogP contribution in [0.25, 0.3) is 0 Å². The maximum Gasteiger partial charge on any atom is 0.306 e. The molecule has 0 unspecified atom stereocenters. The number of fused-ring (bicyclic) bond motifs is 2. The van der Waals surface area contributed by atoms with Gasteiger partial charge in [-0.1, -0.05) is 63.3 Å². The van der Waals surface area contributed by atoms with Gasteiger partial charge in [-0.2, -0.15) is 0 Å². The van der Waals surface area contributed by atoms with Gasteiger partial charge in [0.1, 0.15) is 0 Å².